The SMILES string of the molecule is CCSc1ccccc1C(=O)N1CCC(C(=O)OC)CC1. The Labute approximate surface area is 129 Å². The highest BCUT2D eigenvalue weighted by Crippen LogP contribution is 2.26. The number of methoxy groups -OCH3 is 1. The lowest BCUT2D eigenvalue weighted by molar-refractivity contribution is -0.146. The van der Waals surface area contributed by atoms with Gasteiger partial charge < -0.3 is 9.64 Å². The number of carbonyl (C=O) groups is 2. The number of nitrogens with zero attached hydrogens (tertiary/aromatic N) is 1. The molecule has 0 radical (unpaired) electrons. The van der Waals surface area contributed by atoms with Gasteiger partial charge in [0.25, 0.3) is 5.91 Å². The molecule has 1 aliphatic rings. The van der Waals surface area contributed by atoms with Gasteiger partial charge in [0.15, 0.2) is 0 Å². The van der Waals surface area contributed by atoms with Crippen LogP contribution in [0.15, 0.2) is 29.2 Å². The number of likely N-dealkylation sites (tertiary alicyclic amines) is 1. The zero-order valence-electron chi connectivity index (χ0n) is 12.5. The summed E-state index contributed by atoms with van der Waals surface area (Å²) in [7, 11) is 1.41. The minimum absolute atomic E-state index is 0.0647. The highest BCUT2D eigenvalue weighted by atomic mass is 32.2. The Morgan fingerprint density at radius 2 is 1.95 bits per heavy atom. The number of carbonyl (C=O) groups excluding carboxylic acids is 2. The highest BCUT2D eigenvalue weighted by Gasteiger charge is 2.28. The number of piperidine rings is 1. The number of amides is 1. The summed E-state index contributed by atoms with van der Waals surface area (Å²) in [5, 5.41) is 0. The Balaban J connectivity index is 2.04. The van der Waals surface area contributed by atoms with Gasteiger partial charge >= 0.3 is 5.97 Å². The molecule has 0 N–H and O–H groups in total. The number of ether oxygens (including phenoxy) is 1. The molecule has 2 rings (SSSR count). The summed E-state index contributed by atoms with van der Waals surface area (Å²) in [5.41, 5.74) is 0.765. The summed E-state index contributed by atoms with van der Waals surface area (Å²) in [6.07, 6.45) is 1.36. The van der Waals surface area contributed by atoms with Crippen LogP contribution >= 0.6 is 11.8 Å². The molecule has 114 valence electrons. The van der Waals surface area contributed by atoms with E-state index in [1.54, 1.807) is 11.8 Å². The van der Waals surface area contributed by atoms with Crippen LogP contribution in [0, 0.1) is 5.92 Å². The topological polar surface area (TPSA) is 46.6 Å². The van der Waals surface area contributed by atoms with Crippen molar-refractivity contribution < 1.29 is 14.3 Å². The lowest BCUT2D eigenvalue weighted by Crippen LogP contribution is -2.40. The van der Waals surface area contributed by atoms with Gasteiger partial charge in [-0.2, -0.15) is 0 Å². The zero-order chi connectivity index (χ0) is 15.2. The number of benzene rings is 1. The molecular weight excluding hydrogens is 286 g/mol. The third-order valence-corrected chi connectivity index (χ3v) is 4.69. The van der Waals surface area contributed by atoms with Crippen LogP contribution in [-0.4, -0.2) is 42.7 Å². The fourth-order valence-electron chi connectivity index (χ4n) is 2.58. The minimum atomic E-state index is -0.163. The smallest absolute Gasteiger partial charge is 0.308 e. The van der Waals surface area contributed by atoms with Crippen molar-refractivity contribution in [3.05, 3.63) is 29.8 Å². The molecule has 1 aliphatic heterocycles. The molecule has 4 nitrogen and oxygen atoms in total. The second-order valence-corrected chi connectivity index (χ2v) is 6.32. The predicted molar refractivity (Wildman–Crippen MR) is 83.5 cm³/mol. The van der Waals surface area contributed by atoms with Crippen LogP contribution in [0.25, 0.3) is 0 Å². The first kappa shape index (κ1) is 15.9. The molecule has 5 heteroatoms. The quantitative estimate of drug-likeness (QED) is 0.634. The van der Waals surface area contributed by atoms with E-state index in [1.807, 2.05) is 29.2 Å². The van der Waals surface area contributed by atoms with Crippen LogP contribution in [0.5, 0.6) is 0 Å². The van der Waals surface area contributed by atoms with Gasteiger partial charge in [0.05, 0.1) is 18.6 Å². The largest absolute Gasteiger partial charge is 0.469 e. The van der Waals surface area contributed by atoms with Gasteiger partial charge in [0.1, 0.15) is 0 Å². The summed E-state index contributed by atoms with van der Waals surface area (Å²) >= 11 is 1.68. The summed E-state index contributed by atoms with van der Waals surface area (Å²) in [4.78, 5) is 27.0. The maximum Gasteiger partial charge on any atom is 0.308 e. The average molecular weight is 307 g/mol. The number of hydrogen-bond acceptors (Lipinski definition) is 4. The van der Waals surface area contributed by atoms with Gasteiger partial charge in [-0.3, -0.25) is 9.59 Å². The molecule has 0 atom stereocenters. The first-order valence-corrected chi connectivity index (χ1v) is 8.24. The molecule has 0 unspecified atom stereocenters. The van der Waals surface area contributed by atoms with Crippen LogP contribution in [0.4, 0.5) is 0 Å². The van der Waals surface area contributed by atoms with Gasteiger partial charge in [-0.15, -0.1) is 11.8 Å². The number of hydrogen-bond donors (Lipinski definition) is 0. The Kier molecular flexibility index (Phi) is 5.67. The van der Waals surface area contributed by atoms with E-state index in [1.165, 1.54) is 7.11 Å². The molecule has 1 aromatic carbocycles. The molecule has 1 amide bonds. The molecule has 0 spiro atoms. The van der Waals surface area contributed by atoms with Gasteiger partial charge in [-0.25, -0.2) is 0 Å². The Morgan fingerprint density at radius 3 is 2.57 bits per heavy atom. The molecule has 0 bridgehead atoms. The molecule has 0 aliphatic carbocycles. The Morgan fingerprint density at radius 1 is 1.29 bits per heavy atom. The molecule has 1 aromatic rings. The van der Waals surface area contributed by atoms with E-state index in [2.05, 4.69) is 6.92 Å². The van der Waals surface area contributed by atoms with E-state index >= 15 is 0 Å². The summed E-state index contributed by atoms with van der Waals surface area (Å²) in [5.74, 6) is 0.771. The fraction of sp³-hybridized carbons (Fsp3) is 0.500. The molecule has 1 heterocycles. The monoisotopic (exact) mass is 307 g/mol. The maximum atomic E-state index is 12.6. The fourth-order valence-corrected chi connectivity index (χ4v) is 3.38. The second kappa shape index (κ2) is 7.50. The third kappa shape index (κ3) is 3.79. The van der Waals surface area contributed by atoms with Crippen LogP contribution in [-0.2, 0) is 9.53 Å². The Hall–Kier alpha value is -1.49. The molecular formula is C16H21NO3S. The average Bonchev–Trinajstić information content (AvgIpc) is 2.54. The molecule has 21 heavy (non-hydrogen) atoms. The van der Waals surface area contributed by atoms with E-state index in [0.29, 0.717) is 25.9 Å². The van der Waals surface area contributed by atoms with E-state index in [4.69, 9.17) is 4.74 Å². The van der Waals surface area contributed by atoms with Crippen LogP contribution < -0.4 is 0 Å². The van der Waals surface area contributed by atoms with Crippen molar-refractivity contribution in [1.82, 2.24) is 4.90 Å². The lowest BCUT2D eigenvalue weighted by atomic mass is 9.96. The number of esters is 1. The maximum absolute atomic E-state index is 12.6. The second-order valence-electron chi connectivity index (χ2n) is 5.02. The highest BCUT2D eigenvalue weighted by molar-refractivity contribution is 7.99. The molecule has 0 aromatic heterocycles. The lowest BCUT2D eigenvalue weighted by Gasteiger charge is -2.31. The molecule has 1 saturated heterocycles. The normalized spacial score (nSPS) is 15.8. The van der Waals surface area contributed by atoms with Crippen LogP contribution in [0.1, 0.15) is 30.1 Å². The third-order valence-electron chi connectivity index (χ3n) is 3.73. The van der Waals surface area contributed by atoms with Gasteiger partial charge in [-0.05, 0) is 30.7 Å². The van der Waals surface area contributed by atoms with E-state index in [9.17, 15) is 9.59 Å². The molecule has 1 fully saturated rings. The van der Waals surface area contributed by atoms with Gasteiger partial charge in [0, 0.05) is 18.0 Å². The first-order valence-electron chi connectivity index (χ1n) is 7.26. The van der Waals surface area contributed by atoms with E-state index in [-0.39, 0.29) is 17.8 Å². The van der Waals surface area contributed by atoms with Crippen LogP contribution in [0.2, 0.25) is 0 Å². The van der Waals surface area contributed by atoms with Crippen molar-refractivity contribution in [2.75, 3.05) is 26.0 Å². The zero-order valence-corrected chi connectivity index (χ0v) is 13.3. The first-order chi connectivity index (χ1) is 10.2. The standard InChI is InChI=1S/C16H21NO3S/c1-3-21-14-7-5-4-6-13(14)15(18)17-10-8-12(9-11-17)16(19)20-2/h4-7,12H,3,8-11H2,1-2H3. The number of rotatable bonds is 4. The summed E-state index contributed by atoms with van der Waals surface area (Å²) in [6.45, 7) is 3.31. The summed E-state index contributed by atoms with van der Waals surface area (Å²) in [6, 6.07) is 7.72. The van der Waals surface area contributed by atoms with Crippen molar-refractivity contribution in [3.63, 3.8) is 0 Å². The van der Waals surface area contributed by atoms with Crippen molar-refractivity contribution >= 4 is 23.6 Å². The molecule has 0 saturated carbocycles. The van der Waals surface area contributed by atoms with E-state index < -0.39 is 0 Å². The van der Waals surface area contributed by atoms with Crippen molar-refractivity contribution in [3.8, 4) is 0 Å². The van der Waals surface area contributed by atoms with Gasteiger partial charge in [0.2, 0.25) is 0 Å². The number of thioether (sulfide) groups is 1. The van der Waals surface area contributed by atoms with Gasteiger partial charge in [-0.1, -0.05) is 19.1 Å². The predicted octanol–water partition coefficient (Wildman–Crippen LogP) is 2.82. The minimum Gasteiger partial charge on any atom is -0.469 e. The van der Waals surface area contributed by atoms with Crippen molar-refractivity contribution in [2.24, 2.45) is 5.92 Å². The van der Waals surface area contributed by atoms with Crippen molar-refractivity contribution in [1.29, 1.82) is 0 Å². The van der Waals surface area contributed by atoms with Crippen LogP contribution in [0.3, 0.4) is 0 Å². The summed E-state index contributed by atoms with van der Waals surface area (Å²) < 4.78 is 4.78. The van der Waals surface area contributed by atoms with E-state index in [0.717, 1.165) is 16.2 Å². The van der Waals surface area contributed by atoms with Crippen molar-refractivity contribution in [2.45, 2.75) is 24.7 Å². The Bertz CT molecular complexity index is 510.